The van der Waals surface area contributed by atoms with Crippen LogP contribution in [0.15, 0.2) is 36.4 Å². The quantitative estimate of drug-likeness (QED) is 0.670. The second kappa shape index (κ2) is 8.07. The molecule has 1 heterocycles. The number of carbonyl (C=O) groups excluding carboxylic acids is 2. The number of nitrogens with zero attached hydrogens (tertiary/aromatic N) is 1. The number of fused-ring (bicyclic) bond motifs is 2. The van der Waals surface area contributed by atoms with Crippen LogP contribution in [0, 0.1) is 20.8 Å². The highest BCUT2D eigenvalue weighted by Crippen LogP contribution is 2.53. The van der Waals surface area contributed by atoms with Crippen molar-refractivity contribution < 1.29 is 9.59 Å². The van der Waals surface area contributed by atoms with E-state index in [2.05, 4.69) is 30.4 Å². The minimum atomic E-state index is -0.582. The number of halogens is 1. The lowest BCUT2D eigenvalue weighted by Crippen LogP contribution is -2.55. The van der Waals surface area contributed by atoms with Gasteiger partial charge in [0.05, 0.1) is 0 Å². The van der Waals surface area contributed by atoms with Crippen LogP contribution in [-0.4, -0.2) is 23.7 Å². The van der Waals surface area contributed by atoms with Crippen molar-refractivity contribution in [3.8, 4) is 0 Å². The molecule has 2 aliphatic rings. The molecule has 1 N–H and O–H groups in total. The first kappa shape index (κ1) is 20.9. The first-order valence-corrected chi connectivity index (χ1v) is 11.3. The molecule has 1 atom stereocenters. The van der Waals surface area contributed by atoms with Gasteiger partial charge in [0.1, 0.15) is 11.9 Å². The van der Waals surface area contributed by atoms with Gasteiger partial charge in [-0.3, -0.25) is 14.5 Å². The Morgan fingerprint density at radius 2 is 1.70 bits per heavy atom. The fraction of sp³-hybridized carbons (Fsp3) is 0.440. The molecule has 30 heavy (non-hydrogen) atoms. The number of benzene rings is 2. The van der Waals surface area contributed by atoms with E-state index < -0.39 is 6.04 Å². The lowest BCUT2D eigenvalue weighted by molar-refractivity contribution is -0.123. The summed E-state index contributed by atoms with van der Waals surface area (Å²) in [5.41, 5.74) is 5.66. The van der Waals surface area contributed by atoms with E-state index in [9.17, 15) is 9.59 Å². The number of aryl methyl sites for hydroxylation is 3. The molecule has 0 saturated heterocycles. The molecule has 0 bridgehead atoms. The van der Waals surface area contributed by atoms with Gasteiger partial charge in [-0.05, 0) is 56.4 Å². The highest BCUT2D eigenvalue weighted by Gasteiger charge is 2.55. The Bertz CT molecular complexity index is 971. The molecule has 1 spiro atoms. The summed E-state index contributed by atoms with van der Waals surface area (Å²) in [6, 6.07) is 11.5. The van der Waals surface area contributed by atoms with Crippen LogP contribution in [0.4, 0.5) is 11.4 Å². The average molecular weight is 425 g/mol. The molecule has 4 rings (SSSR count). The number of rotatable bonds is 3. The smallest absolute Gasteiger partial charge is 0.248 e. The van der Waals surface area contributed by atoms with Gasteiger partial charge >= 0.3 is 0 Å². The van der Waals surface area contributed by atoms with Crippen molar-refractivity contribution in [3.63, 3.8) is 0 Å². The Kier molecular flexibility index (Phi) is 5.63. The van der Waals surface area contributed by atoms with Crippen molar-refractivity contribution in [1.29, 1.82) is 0 Å². The zero-order chi connectivity index (χ0) is 21.5. The van der Waals surface area contributed by atoms with Gasteiger partial charge in [0.2, 0.25) is 11.8 Å². The van der Waals surface area contributed by atoms with E-state index in [-0.39, 0.29) is 23.1 Å². The summed E-state index contributed by atoms with van der Waals surface area (Å²) < 4.78 is 0. The first-order valence-electron chi connectivity index (χ1n) is 10.8. The van der Waals surface area contributed by atoms with Crippen LogP contribution in [0.2, 0.25) is 0 Å². The number of nitrogens with one attached hydrogen (secondary N) is 1. The van der Waals surface area contributed by atoms with E-state index in [4.69, 9.17) is 11.6 Å². The van der Waals surface area contributed by atoms with Crippen molar-refractivity contribution in [2.75, 3.05) is 16.1 Å². The number of hydrogen-bond acceptors (Lipinski definition) is 2. The zero-order valence-corrected chi connectivity index (χ0v) is 18.7. The van der Waals surface area contributed by atoms with Crippen LogP contribution in [0.5, 0.6) is 0 Å². The Labute approximate surface area is 183 Å². The summed E-state index contributed by atoms with van der Waals surface area (Å²) in [5.74, 6) is -0.484. The van der Waals surface area contributed by atoms with Crippen LogP contribution in [-0.2, 0) is 15.0 Å². The molecular weight excluding hydrogens is 396 g/mol. The molecule has 158 valence electrons. The maximum Gasteiger partial charge on any atom is 0.248 e. The lowest BCUT2D eigenvalue weighted by atomic mass is 9.66. The summed E-state index contributed by atoms with van der Waals surface area (Å²) in [6.45, 7) is 6.07. The fourth-order valence-electron chi connectivity index (χ4n) is 5.64. The van der Waals surface area contributed by atoms with Crippen molar-refractivity contribution in [3.05, 3.63) is 58.7 Å². The van der Waals surface area contributed by atoms with E-state index in [0.717, 1.165) is 60.2 Å². The van der Waals surface area contributed by atoms with Crippen molar-refractivity contribution in [2.45, 2.75) is 64.3 Å². The van der Waals surface area contributed by atoms with E-state index in [1.807, 2.05) is 32.0 Å². The van der Waals surface area contributed by atoms with Gasteiger partial charge in [-0.25, -0.2) is 0 Å². The molecule has 2 aromatic rings. The molecule has 1 unspecified atom stereocenters. The predicted octanol–water partition coefficient (Wildman–Crippen LogP) is 5.41. The number of anilines is 2. The largest absolute Gasteiger partial charge is 0.324 e. The summed E-state index contributed by atoms with van der Waals surface area (Å²) in [5, 5.41) is 3.19. The molecule has 1 aliphatic heterocycles. The number of hydrogen-bond donors (Lipinski definition) is 1. The molecule has 5 heteroatoms. The van der Waals surface area contributed by atoms with Gasteiger partial charge in [-0.1, -0.05) is 55.2 Å². The van der Waals surface area contributed by atoms with E-state index >= 15 is 0 Å². The molecule has 1 fully saturated rings. The van der Waals surface area contributed by atoms with Gasteiger partial charge in [0, 0.05) is 16.8 Å². The fourth-order valence-corrected chi connectivity index (χ4v) is 5.77. The van der Waals surface area contributed by atoms with Gasteiger partial charge in [0.25, 0.3) is 0 Å². The van der Waals surface area contributed by atoms with Crippen LogP contribution in [0.25, 0.3) is 0 Å². The van der Waals surface area contributed by atoms with E-state index in [1.54, 1.807) is 4.90 Å². The number of alkyl halides is 1. The lowest BCUT2D eigenvalue weighted by Gasteiger charge is -2.40. The summed E-state index contributed by atoms with van der Waals surface area (Å²) in [6.07, 6.45) is 5.09. The first-order chi connectivity index (χ1) is 14.4. The third kappa shape index (κ3) is 3.31. The van der Waals surface area contributed by atoms with E-state index in [0.29, 0.717) is 0 Å². The highest BCUT2D eigenvalue weighted by molar-refractivity contribution is 6.30. The van der Waals surface area contributed by atoms with Crippen LogP contribution < -0.4 is 10.2 Å². The molecule has 1 saturated carbocycles. The van der Waals surface area contributed by atoms with Crippen molar-refractivity contribution in [2.24, 2.45) is 0 Å². The Morgan fingerprint density at radius 1 is 1.07 bits per heavy atom. The second-order valence-electron chi connectivity index (χ2n) is 8.80. The highest BCUT2D eigenvalue weighted by atomic mass is 35.5. The summed E-state index contributed by atoms with van der Waals surface area (Å²) in [7, 11) is 0. The maximum absolute atomic E-state index is 13.8. The zero-order valence-electron chi connectivity index (χ0n) is 17.9. The van der Waals surface area contributed by atoms with Gasteiger partial charge in [-0.15, -0.1) is 11.6 Å². The average Bonchev–Trinajstić information content (AvgIpc) is 3.00. The molecular formula is C25H29ClN2O2. The Hall–Kier alpha value is -2.33. The van der Waals surface area contributed by atoms with Gasteiger partial charge in [0.15, 0.2) is 0 Å². The summed E-state index contributed by atoms with van der Waals surface area (Å²) in [4.78, 5) is 28.5. The van der Waals surface area contributed by atoms with Crippen molar-refractivity contribution in [1.82, 2.24) is 0 Å². The Balaban J connectivity index is 1.81. The molecule has 0 aromatic heterocycles. The summed E-state index contributed by atoms with van der Waals surface area (Å²) >= 11 is 6.00. The van der Waals surface area contributed by atoms with Crippen LogP contribution in [0.1, 0.15) is 54.4 Å². The minimum Gasteiger partial charge on any atom is -0.324 e. The second-order valence-corrected chi connectivity index (χ2v) is 9.06. The topological polar surface area (TPSA) is 49.4 Å². The molecule has 4 nitrogen and oxygen atoms in total. The van der Waals surface area contributed by atoms with Crippen LogP contribution >= 0.6 is 11.6 Å². The predicted molar refractivity (Wildman–Crippen MR) is 122 cm³/mol. The van der Waals surface area contributed by atoms with Gasteiger partial charge in [-0.2, -0.15) is 0 Å². The molecule has 2 amide bonds. The van der Waals surface area contributed by atoms with Gasteiger partial charge < -0.3 is 5.32 Å². The molecule has 1 aliphatic carbocycles. The number of carbonyl (C=O) groups is 2. The monoisotopic (exact) mass is 424 g/mol. The minimum absolute atomic E-state index is 0.124. The Morgan fingerprint density at radius 3 is 2.33 bits per heavy atom. The standard InChI is InChI=1S/C25H29ClN2O2/c1-16-13-17(2)22(18(3)14-16)27-24(30)23-25(11-7-4-8-12-25)19-9-5-6-10-20(19)28(23)21(29)15-26/h5-6,9-10,13-14,23H,4,7-8,11-12,15H2,1-3H3,(H,27,30). The van der Waals surface area contributed by atoms with Crippen molar-refractivity contribution >= 4 is 34.8 Å². The SMILES string of the molecule is Cc1cc(C)c(NC(=O)C2N(C(=O)CCl)c3ccccc3C23CCCCC3)c(C)c1. The molecule has 2 aromatic carbocycles. The third-order valence-corrected chi connectivity index (χ3v) is 7.01. The van der Waals surface area contributed by atoms with Crippen LogP contribution in [0.3, 0.4) is 0 Å². The normalized spacial score (nSPS) is 19.6. The number of amides is 2. The maximum atomic E-state index is 13.8. The third-order valence-electron chi connectivity index (χ3n) is 6.78. The molecule has 0 radical (unpaired) electrons. The van der Waals surface area contributed by atoms with E-state index in [1.165, 1.54) is 5.56 Å². The number of para-hydroxylation sites is 1.